The zero-order valence-corrected chi connectivity index (χ0v) is 12.0. The Morgan fingerprint density at radius 2 is 1.95 bits per heavy atom. The molecule has 0 atom stereocenters. The second kappa shape index (κ2) is 4.99. The summed E-state index contributed by atoms with van der Waals surface area (Å²) in [6.45, 7) is 8.39. The van der Waals surface area contributed by atoms with Gasteiger partial charge in [-0.05, 0) is 17.9 Å². The number of carbonyl (C=O) groups is 1. The van der Waals surface area contributed by atoms with Gasteiger partial charge in [-0.2, -0.15) is 5.10 Å². The van der Waals surface area contributed by atoms with Crippen LogP contribution in [0.4, 0.5) is 0 Å². The Morgan fingerprint density at radius 3 is 2.47 bits per heavy atom. The molecule has 5 heteroatoms. The average Bonchev–Trinajstić information content (AvgIpc) is 2.79. The Balaban J connectivity index is 2.68. The molecule has 0 bridgehead atoms. The van der Waals surface area contributed by atoms with Crippen molar-refractivity contribution < 1.29 is 9.53 Å². The number of ether oxygens (including phenoxy) is 1. The molecule has 0 aliphatic rings. The third-order valence-corrected chi connectivity index (χ3v) is 3.08. The second-order valence-corrected chi connectivity index (χ2v) is 5.22. The summed E-state index contributed by atoms with van der Waals surface area (Å²) in [7, 11) is 1.35. The van der Waals surface area contributed by atoms with E-state index in [9.17, 15) is 4.79 Å². The number of imidazole rings is 1. The maximum absolute atomic E-state index is 11.6. The van der Waals surface area contributed by atoms with Crippen molar-refractivity contribution in [3.63, 3.8) is 0 Å². The Bertz CT molecular complexity index is 614. The van der Waals surface area contributed by atoms with Crippen LogP contribution in [-0.4, -0.2) is 27.7 Å². The number of aromatic nitrogens is 3. The molecular formula is C14H19N3O2. The summed E-state index contributed by atoms with van der Waals surface area (Å²) in [5.74, 6) is 0.202. The first-order valence-corrected chi connectivity index (χ1v) is 6.42. The minimum Gasteiger partial charge on any atom is -0.464 e. The largest absolute Gasteiger partial charge is 0.464 e. The Kier molecular flexibility index (Phi) is 3.55. The molecule has 2 aromatic heterocycles. The first kappa shape index (κ1) is 13.5. The smallest absolute Gasteiger partial charge is 0.358 e. The lowest BCUT2D eigenvalue weighted by Gasteiger charge is -2.11. The van der Waals surface area contributed by atoms with E-state index in [2.05, 4.69) is 43.8 Å². The van der Waals surface area contributed by atoms with Gasteiger partial charge in [-0.1, -0.05) is 27.7 Å². The summed E-state index contributed by atoms with van der Waals surface area (Å²) in [5, 5.41) is 4.50. The first-order chi connectivity index (χ1) is 8.93. The summed E-state index contributed by atoms with van der Waals surface area (Å²) in [5.41, 5.74) is 3.09. The molecule has 2 aromatic rings. The molecule has 0 unspecified atom stereocenters. The Morgan fingerprint density at radius 1 is 1.26 bits per heavy atom. The molecule has 0 saturated heterocycles. The lowest BCUT2D eigenvalue weighted by atomic mass is 10.0. The second-order valence-electron chi connectivity index (χ2n) is 5.22. The fourth-order valence-corrected chi connectivity index (χ4v) is 1.93. The van der Waals surface area contributed by atoms with Crippen LogP contribution in [-0.2, 0) is 4.74 Å². The summed E-state index contributed by atoms with van der Waals surface area (Å²) in [6, 6.07) is 2.07. The van der Waals surface area contributed by atoms with Crippen molar-refractivity contribution in [3.05, 3.63) is 29.2 Å². The zero-order valence-electron chi connectivity index (χ0n) is 12.0. The molecular weight excluding hydrogens is 242 g/mol. The van der Waals surface area contributed by atoms with Gasteiger partial charge in [-0.3, -0.25) is 0 Å². The van der Waals surface area contributed by atoms with Gasteiger partial charge >= 0.3 is 5.97 Å². The van der Waals surface area contributed by atoms with E-state index in [1.807, 2.05) is 0 Å². The molecule has 5 nitrogen and oxygen atoms in total. The Labute approximate surface area is 112 Å². The van der Waals surface area contributed by atoms with Crippen LogP contribution < -0.4 is 0 Å². The molecule has 0 aromatic carbocycles. The number of hydrogen-bond acceptors (Lipinski definition) is 4. The number of hydrogen-bond donors (Lipinski definition) is 0. The van der Waals surface area contributed by atoms with E-state index < -0.39 is 5.97 Å². The number of methoxy groups -OCH3 is 1. The predicted molar refractivity (Wildman–Crippen MR) is 72.5 cm³/mol. The van der Waals surface area contributed by atoms with E-state index in [4.69, 9.17) is 4.74 Å². The number of nitrogens with zero attached hydrogens (tertiary/aromatic N) is 3. The van der Waals surface area contributed by atoms with Gasteiger partial charge in [0.05, 0.1) is 19.0 Å². The predicted octanol–water partition coefficient (Wildman–Crippen LogP) is 2.76. The number of esters is 1. The molecule has 102 valence electrons. The van der Waals surface area contributed by atoms with Crippen molar-refractivity contribution in [1.82, 2.24) is 14.6 Å². The maximum atomic E-state index is 11.6. The van der Waals surface area contributed by atoms with Crippen LogP contribution in [0.25, 0.3) is 5.65 Å². The van der Waals surface area contributed by atoms with E-state index >= 15 is 0 Å². The normalized spacial score (nSPS) is 11.5. The highest BCUT2D eigenvalue weighted by molar-refractivity contribution is 5.87. The number of rotatable bonds is 3. The molecule has 0 aliphatic carbocycles. The minimum absolute atomic E-state index is 0.290. The number of carbonyl (C=O) groups excluding carboxylic acids is 1. The van der Waals surface area contributed by atoms with Gasteiger partial charge in [0, 0.05) is 5.56 Å². The first-order valence-electron chi connectivity index (χ1n) is 6.42. The van der Waals surface area contributed by atoms with Gasteiger partial charge in [-0.25, -0.2) is 14.3 Å². The van der Waals surface area contributed by atoms with Gasteiger partial charge in [-0.15, -0.1) is 0 Å². The summed E-state index contributed by atoms with van der Waals surface area (Å²) in [4.78, 5) is 15.9. The van der Waals surface area contributed by atoms with Gasteiger partial charge in [0.2, 0.25) is 0 Å². The van der Waals surface area contributed by atoms with E-state index in [1.54, 1.807) is 10.7 Å². The van der Waals surface area contributed by atoms with Gasteiger partial charge in [0.1, 0.15) is 0 Å². The van der Waals surface area contributed by atoms with Crippen LogP contribution in [0.1, 0.15) is 61.3 Å². The monoisotopic (exact) mass is 261 g/mol. The molecule has 0 fully saturated rings. The topological polar surface area (TPSA) is 56.5 Å². The summed E-state index contributed by atoms with van der Waals surface area (Å²) in [6.07, 6.45) is 1.62. The molecule has 0 N–H and O–H groups in total. The van der Waals surface area contributed by atoms with E-state index in [0.29, 0.717) is 11.8 Å². The third-order valence-electron chi connectivity index (χ3n) is 3.08. The Hall–Kier alpha value is -1.91. The van der Waals surface area contributed by atoms with E-state index in [1.165, 1.54) is 7.11 Å². The molecule has 2 heterocycles. The van der Waals surface area contributed by atoms with Crippen LogP contribution >= 0.6 is 0 Å². The zero-order chi connectivity index (χ0) is 14.2. The molecule has 0 radical (unpaired) electrons. The van der Waals surface area contributed by atoms with Gasteiger partial charge in [0.15, 0.2) is 11.3 Å². The maximum Gasteiger partial charge on any atom is 0.358 e. The quantitative estimate of drug-likeness (QED) is 0.797. The summed E-state index contributed by atoms with van der Waals surface area (Å²) >= 11 is 0. The lowest BCUT2D eigenvalue weighted by Crippen LogP contribution is -2.04. The molecule has 19 heavy (non-hydrogen) atoms. The molecule has 0 spiro atoms. The van der Waals surface area contributed by atoms with Crippen molar-refractivity contribution in [2.75, 3.05) is 7.11 Å². The van der Waals surface area contributed by atoms with Crippen molar-refractivity contribution in [3.8, 4) is 0 Å². The average molecular weight is 261 g/mol. The van der Waals surface area contributed by atoms with E-state index in [0.717, 1.165) is 16.9 Å². The van der Waals surface area contributed by atoms with Crippen molar-refractivity contribution in [1.29, 1.82) is 0 Å². The third kappa shape index (κ3) is 2.45. The molecule has 0 saturated carbocycles. The van der Waals surface area contributed by atoms with Gasteiger partial charge in [0.25, 0.3) is 0 Å². The molecule has 0 aliphatic heterocycles. The highest BCUT2D eigenvalue weighted by atomic mass is 16.5. The fraction of sp³-hybridized carbons (Fsp3) is 0.500. The highest BCUT2D eigenvalue weighted by Gasteiger charge is 2.17. The standard InChI is InChI=1S/C14H19N3O2/c1-8(2)10-6-11(9(3)4)16-17-7-12(14(18)19-5)15-13(10)17/h6-9H,1-5H3. The SMILES string of the molecule is COC(=O)c1cn2nc(C(C)C)cc(C(C)C)c2n1. The number of fused-ring (bicyclic) bond motifs is 1. The minimum atomic E-state index is -0.439. The van der Waals surface area contributed by atoms with Crippen molar-refractivity contribution in [2.45, 2.75) is 39.5 Å². The van der Waals surface area contributed by atoms with Crippen LogP contribution in [0.5, 0.6) is 0 Å². The van der Waals surface area contributed by atoms with Crippen LogP contribution in [0.15, 0.2) is 12.3 Å². The molecule has 2 rings (SSSR count). The van der Waals surface area contributed by atoms with Crippen LogP contribution in [0.2, 0.25) is 0 Å². The van der Waals surface area contributed by atoms with Crippen molar-refractivity contribution >= 4 is 11.6 Å². The molecule has 0 amide bonds. The lowest BCUT2D eigenvalue weighted by molar-refractivity contribution is 0.0594. The fourth-order valence-electron chi connectivity index (χ4n) is 1.93. The van der Waals surface area contributed by atoms with Crippen molar-refractivity contribution in [2.24, 2.45) is 0 Å². The van der Waals surface area contributed by atoms with Crippen LogP contribution in [0, 0.1) is 0 Å². The van der Waals surface area contributed by atoms with Gasteiger partial charge < -0.3 is 4.74 Å². The summed E-state index contributed by atoms with van der Waals surface area (Å²) < 4.78 is 6.38. The van der Waals surface area contributed by atoms with E-state index in [-0.39, 0.29) is 5.69 Å². The van der Waals surface area contributed by atoms with Crippen LogP contribution in [0.3, 0.4) is 0 Å². The highest BCUT2D eigenvalue weighted by Crippen LogP contribution is 2.23.